The van der Waals surface area contributed by atoms with Crippen LogP contribution in [0.25, 0.3) is 0 Å². The van der Waals surface area contributed by atoms with Crippen LogP contribution in [0.5, 0.6) is 0 Å². The zero-order chi connectivity index (χ0) is 15.1. The normalized spacial score (nSPS) is 24.0. The van der Waals surface area contributed by atoms with E-state index in [9.17, 15) is 10.1 Å². The summed E-state index contributed by atoms with van der Waals surface area (Å²) in [7, 11) is 0. The van der Waals surface area contributed by atoms with Gasteiger partial charge in [-0.15, -0.1) is 0 Å². The molecule has 1 aliphatic heterocycles. The van der Waals surface area contributed by atoms with Crippen molar-refractivity contribution in [2.24, 2.45) is 5.92 Å². The average molecular weight is 293 g/mol. The number of carbonyl (C=O) groups is 1. The molecule has 1 atom stereocenters. The summed E-state index contributed by atoms with van der Waals surface area (Å²) in [6.07, 6.45) is 6.89. The highest BCUT2D eigenvalue weighted by molar-refractivity contribution is 5.79. The Morgan fingerprint density at radius 2 is 2.00 bits per heavy atom. The quantitative estimate of drug-likeness (QED) is 0.809. The van der Waals surface area contributed by atoms with Gasteiger partial charge in [0.05, 0.1) is 12.6 Å². The standard InChI is InChI=1S/C16H27N3O2/c1-13(14-5-9-21-10-6-14)18-11-15(20)19-16(12-17)7-3-2-4-8-16/h13-14,18H,2-11H2,1H3,(H,19,20). The maximum absolute atomic E-state index is 12.1. The molecule has 1 amide bonds. The van der Waals surface area contributed by atoms with Gasteiger partial charge in [-0.05, 0) is 38.5 Å². The lowest BCUT2D eigenvalue weighted by molar-refractivity contribution is -0.122. The molecule has 0 radical (unpaired) electrons. The highest BCUT2D eigenvalue weighted by Crippen LogP contribution is 2.27. The predicted octanol–water partition coefficient (Wildman–Crippen LogP) is 1.73. The highest BCUT2D eigenvalue weighted by Gasteiger charge is 2.33. The van der Waals surface area contributed by atoms with Gasteiger partial charge in [0, 0.05) is 19.3 Å². The maximum atomic E-state index is 12.1. The van der Waals surface area contributed by atoms with Gasteiger partial charge in [0.1, 0.15) is 5.54 Å². The van der Waals surface area contributed by atoms with Gasteiger partial charge in [-0.1, -0.05) is 19.3 Å². The summed E-state index contributed by atoms with van der Waals surface area (Å²) in [4.78, 5) is 12.1. The predicted molar refractivity (Wildman–Crippen MR) is 80.6 cm³/mol. The van der Waals surface area contributed by atoms with Crippen molar-refractivity contribution in [2.75, 3.05) is 19.8 Å². The fraction of sp³-hybridized carbons (Fsp3) is 0.875. The molecule has 21 heavy (non-hydrogen) atoms. The number of nitrogens with one attached hydrogen (secondary N) is 2. The van der Waals surface area contributed by atoms with E-state index in [1.54, 1.807) is 0 Å². The molecule has 0 bridgehead atoms. The number of rotatable bonds is 5. The minimum Gasteiger partial charge on any atom is -0.381 e. The molecule has 2 N–H and O–H groups in total. The topological polar surface area (TPSA) is 74.2 Å². The van der Waals surface area contributed by atoms with Gasteiger partial charge in [0.25, 0.3) is 0 Å². The van der Waals surface area contributed by atoms with Crippen LogP contribution in [-0.4, -0.2) is 37.2 Å². The molecule has 5 nitrogen and oxygen atoms in total. The first kappa shape index (κ1) is 16.3. The summed E-state index contributed by atoms with van der Waals surface area (Å²) in [6.45, 7) is 4.06. The third kappa shape index (κ3) is 4.69. The molecule has 0 aromatic rings. The zero-order valence-electron chi connectivity index (χ0n) is 13.0. The summed E-state index contributed by atoms with van der Waals surface area (Å²) in [5.74, 6) is 0.517. The Hall–Kier alpha value is -1.12. The second kappa shape index (κ2) is 7.77. The van der Waals surface area contributed by atoms with Gasteiger partial charge in [0.15, 0.2) is 0 Å². The monoisotopic (exact) mass is 293 g/mol. The molecule has 1 saturated heterocycles. The molecule has 0 aromatic carbocycles. The first-order valence-electron chi connectivity index (χ1n) is 8.19. The maximum Gasteiger partial charge on any atom is 0.235 e. The van der Waals surface area contributed by atoms with Gasteiger partial charge in [0.2, 0.25) is 5.91 Å². The Kier molecular flexibility index (Phi) is 6.01. The summed E-state index contributed by atoms with van der Waals surface area (Å²) in [5, 5.41) is 15.6. The highest BCUT2D eigenvalue weighted by atomic mass is 16.5. The largest absolute Gasteiger partial charge is 0.381 e. The summed E-state index contributed by atoms with van der Waals surface area (Å²) in [5.41, 5.74) is -0.626. The van der Waals surface area contributed by atoms with Gasteiger partial charge in [-0.3, -0.25) is 4.79 Å². The fourth-order valence-electron chi connectivity index (χ4n) is 3.37. The van der Waals surface area contributed by atoms with Crippen LogP contribution in [0, 0.1) is 17.2 Å². The van der Waals surface area contributed by atoms with Gasteiger partial charge in [-0.2, -0.15) is 5.26 Å². The van der Waals surface area contributed by atoms with Crippen LogP contribution in [-0.2, 0) is 9.53 Å². The Morgan fingerprint density at radius 1 is 1.33 bits per heavy atom. The molecular weight excluding hydrogens is 266 g/mol. The van der Waals surface area contributed by atoms with Crippen molar-refractivity contribution < 1.29 is 9.53 Å². The molecule has 2 aliphatic rings. The van der Waals surface area contributed by atoms with Crippen LogP contribution in [0.1, 0.15) is 51.9 Å². The van der Waals surface area contributed by atoms with Crippen LogP contribution in [0.2, 0.25) is 0 Å². The minimum atomic E-state index is -0.626. The second-order valence-corrected chi connectivity index (χ2v) is 6.42. The van der Waals surface area contributed by atoms with Crippen LogP contribution in [0.15, 0.2) is 0 Å². The lowest BCUT2D eigenvalue weighted by atomic mass is 9.83. The Labute approximate surface area is 127 Å². The van der Waals surface area contributed by atoms with E-state index in [1.165, 1.54) is 6.42 Å². The number of ether oxygens (including phenoxy) is 1. The SMILES string of the molecule is CC(NCC(=O)NC1(C#N)CCCCC1)C1CCOCC1. The van der Waals surface area contributed by atoms with E-state index in [0.29, 0.717) is 18.5 Å². The number of hydrogen-bond donors (Lipinski definition) is 2. The van der Waals surface area contributed by atoms with Crippen molar-refractivity contribution >= 4 is 5.91 Å². The first-order chi connectivity index (χ1) is 10.2. The third-order valence-electron chi connectivity index (χ3n) is 4.86. The van der Waals surface area contributed by atoms with E-state index in [0.717, 1.165) is 51.7 Å². The number of nitrogens with zero attached hydrogens (tertiary/aromatic N) is 1. The molecular formula is C16H27N3O2. The zero-order valence-corrected chi connectivity index (χ0v) is 13.0. The second-order valence-electron chi connectivity index (χ2n) is 6.42. The van der Waals surface area contributed by atoms with Crippen molar-refractivity contribution in [1.82, 2.24) is 10.6 Å². The number of carbonyl (C=O) groups excluding carboxylic acids is 1. The molecule has 2 rings (SSSR count). The first-order valence-corrected chi connectivity index (χ1v) is 8.19. The van der Waals surface area contributed by atoms with Gasteiger partial charge >= 0.3 is 0 Å². The van der Waals surface area contributed by atoms with Crippen molar-refractivity contribution in [3.05, 3.63) is 0 Å². The molecule has 118 valence electrons. The van der Waals surface area contributed by atoms with E-state index in [-0.39, 0.29) is 5.91 Å². The smallest absolute Gasteiger partial charge is 0.235 e. The lowest BCUT2D eigenvalue weighted by Crippen LogP contribution is -2.52. The summed E-state index contributed by atoms with van der Waals surface area (Å²) in [6, 6.07) is 2.63. The molecule has 5 heteroatoms. The summed E-state index contributed by atoms with van der Waals surface area (Å²) >= 11 is 0. The Balaban J connectivity index is 1.74. The van der Waals surface area contributed by atoms with Crippen molar-refractivity contribution in [1.29, 1.82) is 5.26 Å². The van der Waals surface area contributed by atoms with E-state index < -0.39 is 5.54 Å². The van der Waals surface area contributed by atoms with Crippen molar-refractivity contribution in [3.8, 4) is 6.07 Å². The van der Waals surface area contributed by atoms with Gasteiger partial charge < -0.3 is 15.4 Å². The van der Waals surface area contributed by atoms with E-state index in [1.807, 2.05) is 0 Å². The van der Waals surface area contributed by atoms with Crippen LogP contribution >= 0.6 is 0 Å². The minimum absolute atomic E-state index is 0.0580. The van der Waals surface area contributed by atoms with Crippen molar-refractivity contribution in [2.45, 2.75) is 63.5 Å². The number of amides is 1. The average Bonchev–Trinajstić information content (AvgIpc) is 2.54. The Morgan fingerprint density at radius 3 is 2.62 bits per heavy atom. The molecule has 1 aliphatic carbocycles. The van der Waals surface area contributed by atoms with E-state index in [2.05, 4.69) is 23.6 Å². The van der Waals surface area contributed by atoms with Gasteiger partial charge in [-0.25, -0.2) is 0 Å². The molecule has 0 aromatic heterocycles. The number of hydrogen-bond acceptors (Lipinski definition) is 4. The molecule has 1 unspecified atom stereocenters. The lowest BCUT2D eigenvalue weighted by Gasteiger charge is -2.32. The molecule has 1 saturated carbocycles. The van der Waals surface area contributed by atoms with Crippen LogP contribution in [0.3, 0.4) is 0 Å². The summed E-state index contributed by atoms with van der Waals surface area (Å²) < 4.78 is 5.36. The van der Waals surface area contributed by atoms with E-state index in [4.69, 9.17) is 4.74 Å². The molecule has 1 heterocycles. The fourth-order valence-corrected chi connectivity index (χ4v) is 3.37. The van der Waals surface area contributed by atoms with Crippen molar-refractivity contribution in [3.63, 3.8) is 0 Å². The Bertz CT molecular complexity index is 379. The van der Waals surface area contributed by atoms with Crippen LogP contribution in [0.4, 0.5) is 0 Å². The third-order valence-corrected chi connectivity index (χ3v) is 4.86. The molecule has 2 fully saturated rings. The van der Waals surface area contributed by atoms with E-state index >= 15 is 0 Å². The van der Waals surface area contributed by atoms with Crippen LogP contribution < -0.4 is 10.6 Å². The number of nitriles is 1. The molecule has 0 spiro atoms.